The molecule has 1 aromatic rings. The monoisotopic (exact) mass is 242 g/mol. The summed E-state index contributed by atoms with van der Waals surface area (Å²) in [7, 11) is -1.26. The first-order valence-electron chi connectivity index (χ1n) is 7.80. The highest BCUT2D eigenvalue weighted by atomic mass is 19.1. The van der Waals surface area contributed by atoms with Crippen molar-refractivity contribution in [3.05, 3.63) is 23.7 Å². The van der Waals surface area contributed by atoms with E-state index in [0.717, 1.165) is 0 Å². The minimum atomic E-state index is -2.83. The van der Waals surface area contributed by atoms with Crippen LogP contribution in [0.25, 0.3) is 0 Å². The third-order valence-electron chi connectivity index (χ3n) is 3.29. The average Bonchev–Trinajstić information content (AvgIpc) is 2.51. The molecule has 17 heavy (non-hydrogen) atoms. The van der Waals surface area contributed by atoms with Crippen molar-refractivity contribution in [2.75, 3.05) is 0 Å². The Labute approximate surface area is 109 Å². The van der Waals surface area contributed by atoms with Crippen LogP contribution >= 0.6 is 0 Å². The summed E-state index contributed by atoms with van der Waals surface area (Å²) in [5.74, 6) is -1.18. The molecule has 0 aromatic carbocycles. The predicted molar refractivity (Wildman–Crippen MR) is 64.6 cm³/mol. The molecule has 2 heterocycles. The van der Waals surface area contributed by atoms with E-state index in [1.165, 1.54) is 0 Å². The van der Waals surface area contributed by atoms with E-state index in [2.05, 4.69) is 4.98 Å². The molecule has 1 saturated heterocycles. The molecule has 0 N–H and O–H groups in total. The van der Waals surface area contributed by atoms with Crippen LogP contribution in [0.3, 0.4) is 0 Å². The van der Waals surface area contributed by atoms with Crippen molar-refractivity contribution in [3.8, 4) is 0 Å². The van der Waals surface area contributed by atoms with E-state index in [1.54, 1.807) is 27.7 Å². The van der Waals surface area contributed by atoms with Crippen LogP contribution in [0.15, 0.2) is 12.2 Å². The molecule has 5 heteroatoms. The van der Waals surface area contributed by atoms with Crippen LogP contribution < -0.4 is 5.46 Å². The summed E-state index contributed by atoms with van der Waals surface area (Å²) in [5, 5.41) is 0. The highest BCUT2D eigenvalue weighted by Crippen LogP contribution is 2.36. The van der Waals surface area contributed by atoms with Gasteiger partial charge in [0.2, 0.25) is 0 Å². The largest absolute Gasteiger partial charge is 0.497 e. The number of hydrogen-bond donors (Lipinski definition) is 0. The second-order valence-electron chi connectivity index (χ2n) is 5.01. The highest BCUT2D eigenvalue weighted by molar-refractivity contribution is 6.62. The fraction of sp³-hybridized carbons (Fsp3) is 0.583. The topological polar surface area (TPSA) is 31.4 Å². The smallest absolute Gasteiger partial charge is 0.399 e. The summed E-state index contributed by atoms with van der Waals surface area (Å²) in [6.45, 7) is 4.18. The zero-order valence-electron chi connectivity index (χ0n) is 15.2. The Hall–Kier alpha value is -0.935. The highest BCUT2D eigenvalue weighted by Gasteiger charge is 2.52. The predicted octanol–water partition coefficient (Wildman–Crippen LogP) is 1.83. The molecule has 0 radical (unpaired) electrons. The van der Waals surface area contributed by atoms with E-state index in [1.807, 2.05) is 0 Å². The van der Waals surface area contributed by atoms with Crippen molar-refractivity contribution in [2.45, 2.75) is 45.7 Å². The van der Waals surface area contributed by atoms with Crippen LogP contribution in [0, 0.1) is 12.7 Å². The molecule has 0 amide bonds. The van der Waals surface area contributed by atoms with E-state index in [-0.39, 0.29) is 0 Å². The summed E-state index contributed by atoms with van der Waals surface area (Å²) in [6, 6.07) is -0.538. The number of halogens is 1. The van der Waals surface area contributed by atoms with Crippen LogP contribution in [-0.4, -0.2) is 23.3 Å². The molecule has 1 aliphatic rings. The Bertz CT molecular complexity index is 605. The lowest BCUT2D eigenvalue weighted by atomic mass is 9.79. The number of rotatable bonds is 1. The van der Waals surface area contributed by atoms with Crippen molar-refractivity contribution >= 4 is 12.6 Å². The maximum absolute atomic E-state index is 14.6. The molecule has 1 aromatic heterocycles. The summed E-state index contributed by atoms with van der Waals surface area (Å²) in [6.07, 6.45) is -0.628. The number of hydrogen-bond acceptors (Lipinski definition) is 3. The third-order valence-corrected chi connectivity index (χ3v) is 3.29. The Morgan fingerprint density at radius 1 is 1.35 bits per heavy atom. The molecular formula is C12H17BFNO2. The molecule has 0 aliphatic carbocycles. The third kappa shape index (κ3) is 1.98. The number of pyridine rings is 1. The summed E-state index contributed by atoms with van der Waals surface area (Å²) < 4.78 is 63.3. The SMILES string of the molecule is [2H]c1nc(C([2H])([2H])[2H])c(F)c(B2OC(C)(C)C(C)(C)O2)c1[2H]. The number of aryl methyl sites for hydroxylation is 1. The van der Waals surface area contributed by atoms with Crippen LogP contribution in [0.1, 0.15) is 40.2 Å². The molecule has 0 bridgehead atoms. The zero-order valence-corrected chi connectivity index (χ0v) is 10.2. The quantitative estimate of drug-likeness (QED) is 0.704. The van der Waals surface area contributed by atoms with E-state index in [4.69, 9.17) is 16.2 Å². The Kier molecular flexibility index (Phi) is 1.67. The lowest BCUT2D eigenvalue weighted by Gasteiger charge is -2.32. The van der Waals surface area contributed by atoms with Crippen LogP contribution in [-0.2, 0) is 9.31 Å². The lowest BCUT2D eigenvalue weighted by molar-refractivity contribution is 0.00578. The van der Waals surface area contributed by atoms with Gasteiger partial charge in [-0.3, -0.25) is 4.98 Å². The van der Waals surface area contributed by atoms with Gasteiger partial charge in [-0.15, -0.1) is 0 Å². The van der Waals surface area contributed by atoms with Gasteiger partial charge in [-0.2, -0.15) is 0 Å². The number of aromatic nitrogens is 1. The molecule has 92 valence electrons. The van der Waals surface area contributed by atoms with E-state index < -0.39 is 54.4 Å². The molecule has 2 rings (SSSR count). The van der Waals surface area contributed by atoms with Gasteiger partial charge >= 0.3 is 7.12 Å². The van der Waals surface area contributed by atoms with Gasteiger partial charge < -0.3 is 9.31 Å². The molecule has 1 aliphatic heterocycles. The van der Waals surface area contributed by atoms with Gasteiger partial charge in [0.1, 0.15) is 5.82 Å². The first kappa shape index (κ1) is 7.49. The second kappa shape index (κ2) is 3.78. The maximum Gasteiger partial charge on any atom is 0.497 e. The summed E-state index contributed by atoms with van der Waals surface area (Å²) >= 11 is 0. The van der Waals surface area contributed by atoms with Crippen molar-refractivity contribution in [2.24, 2.45) is 0 Å². The molecule has 0 spiro atoms. The Morgan fingerprint density at radius 3 is 2.47 bits per heavy atom. The minimum Gasteiger partial charge on any atom is -0.399 e. The van der Waals surface area contributed by atoms with Gasteiger partial charge in [0.25, 0.3) is 0 Å². The van der Waals surface area contributed by atoms with E-state index in [9.17, 15) is 4.39 Å². The Balaban J connectivity index is 2.60. The summed E-state index contributed by atoms with van der Waals surface area (Å²) in [4.78, 5) is 3.38. The van der Waals surface area contributed by atoms with E-state index >= 15 is 0 Å². The molecule has 1 fully saturated rings. The molecule has 0 atom stereocenters. The summed E-state index contributed by atoms with van der Waals surface area (Å²) in [5.41, 5.74) is -2.80. The fourth-order valence-corrected chi connectivity index (χ4v) is 1.50. The van der Waals surface area contributed by atoms with Crippen LogP contribution in [0.5, 0.6) is 0 Å². The van der Waals surface area contributed by atoms with Gasteiger partial charge in [0.05, 0.1) is 19.6 Å². The van der Waals surface area contributed by atoms with Crippen molar-refractivity contribution < 1.29 is 20.6 Å². The first-order chi connectivity index (χ1) is 9.78. The average molecular weight is 242 g/mol. The first-order valence-corrected chi connectivity index (χ1v) is 5.30. The van der Waals surface area contributed by atoms with Gasteiger partial charge in [0.15, 0.2) is 0 Å². The second-order valence-corrected chi connectivity index (χ2v) is 5.01. The molecular weight excluding hydrogens is 220 g/mol. The van der Waals surface area contributed by atoms with E-state index in [0.29, 0.717) is 0 Å². The Morgan fingerprint density at radius 2 is 1.94 bits per heavy atom. The van der Waals surface area contributed by atoms with Crippen molar-refractivity contribution in [1.82, 2.24) is 4.98 Å². The zero-order chi connectivity index (χ0) is 17.1. The molecule has 3 nitrogen and oxygen atoms in total. The molecule has 0 saturated carbocycles. The van der Waals surface area contributed by atoms with Gasteiger partial charge in [0, 0.05) is 15.7 Å². The lowest BCUT2D eigenvalue weighted by Crippen LogP contribution is -2.41. The maximum atomic E-state index is 14.6. The van der Waals surface area contributed by atoms with Crippen LogP contribution in [0.2, 0.25) is 0 Å². The van der Waals surface area contributed by atoms with Crippen molar-refractivity contribution in [1.29, 1.82) is 0 Å². The fourth-order valence-electron chi connectivity index (χ4n) is 1.50. The minimum absolute atomic E-state index is 0.398. The number of nitrogens with zero attached hydrogens (tertiary/aromatic N) is 1. The standard InChI is InChI=1S/C12H17BFNO2/c1-8-10(14)9(6-7-15-8)13-16-11(2,3)12(4,5)17-13/h6-7H,1-5H3/i1D3,6D,7D. The van der Waals surface area contributed by atoms with Crippen molar-refractivity contribution in [3.63, 3.8) is 0 Å². The van der Waals surface area contributed by atoms with Gasteiger partial charge in [-0.05, 0) is 40.6 Å². The normalized spacial score (nSPS) is 26.9. The van der Waals surface area contributed by atoms with Gasteiger partial charge in [-0.25, -0.2) is 4.39 Å². The molecule has 0 unspecified atom stereocenters. The van der Waals surface area contributed by atoms with Crippen LogP contribution in [0.4, 0.5) is 4.39 Å². The van der Waals surface area contributed by atoms with Gasteiger partial charge in [-0.1, -0.05) is 0 Å².